The van der Waals surface area contributed by atoms with Crippen LogP contribution >= 0.6 is 0 Å². The molecule has 0 fully saturated rings. The molecular formula is C17H25F2NO2. The molecule has 5 heteroatoms. The van der Waals surface area contributed by atoms with E-state index < -0.39 is 23.8 Å². The van der Waals surface area contributed by atoms with E-state index in [1.807, 2.05) is 6.92 Å². The molecule has 3 unspecified atom stereocenters. The molecule has 22 heavy (non-hydrogen) atoms. The molecule has 124 valence electrons. The zero-order valence-corrected chi connectivity index (χ0v) is 13.8. The topological polar surface area (TPSA) is 49.3 Å². The summed E-state index contributed by atoms with van der Waals surface area (Å²) in [5.41, 5.74) is 0.245. The molecule has 3 nitrogen and oxygen atoms in total. The van der Waals surface area contributed by atoms with Gasteiger partial charge in [0.15, 0.2) is 11.6 Å². The van der Waals surface area contributed by atoms with Crippen LogP contribution in [0.15, 0.2) is 18.2 Å². The highest BCUT2D eigenvalue weighted by atomic mass is 19.2. The minimum atomic E-state index is -1.09. The molecular weight excluding hydrogens is 288 g/mol. The molecule has 0 spiro atoms. The average molecular weight is 313 g/mol. The zero-order chi connectivity index (χ0) is 17.1. The first-order valence-corrected chi connectivity index (χ1v) is 7.44. The van der Waals surface area contributed by atoms with Crippen molar-refractivity contribution < 1.29 is 18.7 Å². The molecule has 0 aliphatic heterocycles. The molecule has 0 saturated heterocycles. The predicted octanol–water partition coefficient (Wildman–Crippen LogP) is 3.58. The van der Waals surface area contributed by atoms with E-state index in [0.717, 1.165) is 12.1 Å². The lowest BCUT2D eigenvalue weighted by molar-refractivity contribution is -0.124. The summed E-state index contributed by atoms with van der Waals surface area (Å²) < 4.78 is 26.1. The van der Waals surface area contributed by atoms with Crippen LogP contribution in [0.25, 0.3) is 0 Å². The van der Waals surface area contributed by atoms with E-state index in [0.29, 0.717) is 6.42 Å². The van der Waals surface area contributed by atoms with E-state index in [1.54, 1.807) is 6.92 Å². The summed E-state index contributed by atoms with van der Waals surface area (Å²) in [7, 11) is 0. The minimum absolute atomic E-state index is 0.0132. The Morgan fingerprint density at radius 2 is 1.82 bits per heavy atom. The Bertz CT molecular complexity index is 526. The summed E-state index contributed by atoms with van der Waals surface area (Å²) in [6.45, 7) is 9.81. The average Bonchev–Trinajstić information content (AvgIpc) is 2.39. The van der Waals surface area contributed by atoms with E-state index in [4.69, 9.17) is 0 Å². The lowest BCUT2D eigenvalue weighted by Crippen LogP contribution is -2.38. The third-order valence-electron chi connectivity index (χ3n) is 4.12. The number of halogens is 2. The van der Waals surface area contributed by atoms with Crippen molar-refractivity contribution in [2.24, 2.45) is 11.3 Å². The quantitative estimate of drug-likeness (QED) is 0.873. The number of rotatable bonds is 5. The van der Waals surface area contributed by atoms with Crippen LogP contribution in [0.4, 0.5) is 8.78 Å². The Hall–Kier alpha value is -1.49. The van der Waals surface area contributed by atoms with Gasteiger partial charge in [0.2, 0.25) is 5.91 Å². The van der Waals surface area contributed by atoms with Gasteiger partial charge >= 0.3 is 0 Å². The van der Waals surface area contributed by atoms with Crippen molar-refractivity contribution in [3.8, 4) is 0 Å². The second kappa shape index (κ2) is 7.18. The highest BCUT2D eigenvalue weighted by molar-refractivity contribution is 5.76. The van der Waals surface area contributed by atoms with Gasteiger partial charge in [0, 0.05) is 6.42 Å². The fraction of sp³-hybridized carbons (Fsp3) is 0.588. The minimum Gasteiger partial charge on any atom is -0.386 e. The van der Waals surface area contributed by atoms with Crippen molar-refractivity contribution in [2.45, 2.75) is 53.2 Å². The van der Waals surface area contributed by atoms with Crippen LogP contribution in [-0.4, -0.2) is 17.1 Å². The third-order valence-corrected chi connectivity index (χ3v) is 4.12. The third kappa shape index (κ3) is 5.05. The number of hydrogen-bond donors (Lipinski definition) is 2. The van der Waals surface area contributed by atoms with Crippen molar-refractivity contribution in [1.29, 1.82) is 0 Å². The molecule has 3 atom stereocenters. The number of nitrogens with one attached hydrogen (secondary N) is 1. The van der Waals surface area contributed by atoms with Gasteiger partial charge < -0.3 is 10.4 Å². The summed E-state index contributed by atoms with van der Waals surface area (Å²) in [4.78, 5) is 12.0. The Labute approximate surface area is 130 Å². The monoisotopic (exact) mass is 313 g/mol. The van der Waals surface area contributed by atoms with Gasteiger partial charge in [-0.15, -0.1) is 0 Å². The SMILES string of the molecule is CC(NC(=O)CC(C)C(C)(C)C)C(O)c1ccc(F)c(F)c1. The molecule has 1 rings (SSSR count). The van der Waals surface area contributed by atoms with E-state index in [9.17, 15) is 18.7 Å². The van der Waals surface area contributed by atoms with Gasteiger partial charge in [-0.25, -0.2) is 8.78 Å². The number of benzene rings is 1. The van der Waals surface area contributed by atoms with Crippen LogP contribution in [-0.2, 0) is 4.79 Å². The number of aliphatic hydroxyl groups excluding tert-OH is 1. The Morgan fingerprint density at radius 1 is 1.23 bits per heavy atom. The molecule has 0 radical (unpaired) electrons. The molecule has 0 saturated carbocycles. The second-order valence-corrected chi connectivity index (χ2v) is 6.95. The first-order chi connectivity index (χ1) is 10.0. The summed E-state index contributed by atoms with van der Waals surface area (Å²) in [5, 5.41) is 12.9. The summed E-state index contributed by atoms with van der Waals surface area (Å²) in [6.07, 6.45) is -0.748. The first-order valence-electron chi connectivity index (χ1n) is 7.44. The number of amides is 1. The largest absolute Gasteiger partial charge is 0.386 e. The number of carbonyl (C=O) groups excluding carboxylic acids is 1. The van der Waals surface area contributed by atoms with Crippen LogP contribution in [0.5, 0.6) is 0 Å². The summed E-state index contributed by atoms with van der Waals surface area (Å²) >= 11 is 0. The maximum absolute atomic E-state index is 13.2. The van der Waals surface area contributed by atoms with E-state index in [1.165, 1.54) is 6.07 Å². The fourth-order valence-corrected chi connectivity index (χ4v) is 1.96. The van der Waals surface area contributed by atoms with Gasteiger partial charge in [0.1, 0.15) is 0 Å². The smallest absolute Gasteiger partial charge is 0.220 e. The van der Waals surface area contributed by atoms with Gasteiger partial charge in [-0.05, 0) is 36.0 Å². The Kier molecular flexibility index (Phi) is 6.06. The predicted molar refractivity (Wildman–Crippen MR) is 82.2 cm³/mol. The summed E-state index contributed by atoms with van der Waals surface area (Å²) in [6, 6.07) is 2.62. The molecule has 0 heterocycles. The van der Waals surface area contributed by atoms with Gasteiger partial charge in [-0.1, -0.05) is 33.8 Å². The van der Waals surface area contributed by atoms with Gasteiger partial charge in [0.25, 0.3) is 0 Å². The molecule has 0 aromatic heterocycles. The number of hydrogen-bond acceptors (Lipinski definition) is 2. The summed E-state index contributed by atoms with van der Waals surface area (Å²) in [5.74, 6) is -1.97. The van der Waals surface area contributed by atoms with Crippen molar-refractivity contribution in [3.63, 3.8) is 0 Å². The lowest BCUT2D eigenvalue weighted by atomic mass is 9.80. The standard InChI is InChI=1S/C17H25F2NO2/c1-10(17(3,4)5)8-15(21)20-11(2)16(22)12-6-7-13(18)14(19)9-12/h6-7,9-11,16,22H,8H2,1-5H3,(H,20,21). The van der Waals surface area contributed by atoms with Gasteiger partial charge in [-0.3, -0.25) is 4.79 Å². The fourth-order valence-electron chi connectivity index (χ4n) is 1.96. The maximum Gasteiger partial charge on any atom is 0.220 e. The Morgan fingerprint density at radius 3 is 2.32 bits per heavy atom. The molecule has 1 aromatic carbocycles. The van der Waals surface area contributed by atoms with Crippen molar-refractivity contribution in [2.75, 3.05) is 0 Å². The molecule has 0 bridgehead atoms. The van der Waals surface area contributed by atoms with E-state index >= 15 is 0 Å². The van der Waals surface area contributed by atoms with E-state index in [2.05, 4.69) is 26.1 Å². The van der Waals surface area contributed by atoms with Gasteiger partial charge in [0.05, 0.1) is 12.1 Å². The van der Waals surface area contributed by atoms with Crippen LogP contribution in [0.2, 0.25) is 0 Å². The van der Waals surface area contributed by atoms with Crippen LogP contribution in [0.3, 0.4) is 0 Å². The molecule has 0 aliphatic carbocycles. The normalized spacial score (nSPS) is 16.0. The van der Waals surface area contributed by atoms with E-state index in [-0.39, 0.29) is 22.8 Å². The van der Waals surface area contributed by atoms with Gasteiger partial charge in [-0.2, -0.15) is 0 Å². The van der Waals surface area contributed by atoms with Crippen molar-refractivity contribution in [3.05, 3.63) is 35.4 Å². The highest BCUT2D eigenvalue weighted by Gasteiger charge is 2.25. The maximum atomic E-state index is 13.2. The molecule has 1 amide bonds. The van der Waals surface area contributed by atoms with Crippen molar-refractivity contribution in [1.82, 2.24) is 5.32 Å². The highest BCUT2D eigenvalue weighted by Crippen LogP contribution is 2.28. The van der Waals surface area contributed by atoms with Crippen LogP contribution < -0.4 is 5.32 Å². The van der Waals surface area contributed by atoms with Crippen LogP contribution in [0.1, 0.15) is 52.7 Å². The molecule has 2 N–H and O–H groups in total. The number of carbonyl (C=O) groups is 1. The lowest BCUT2D eigenvalue weighted by Gasteiger charge is -2.28. The zero-order valence-electron chi connectivity index (χ0n) is 13.8. The first kappa shape index (κ1) is 18.6. The molecule has 0 aliphatic rings. The van der Waals surface area contributed by atoms with Crippen molar-refractivity contribution >= 4 is 5.91 Å². The number of aliphatic hydroxyl groups is 1. The molecule has 1 aromatic rings. The van der Waals surface area contributed by atoms with Crippen LogP contribution in [0, 0.1) is 23.0 Å². The second-order valence-electron chi connectivity index (χ2n) is 6.95. The Balaban J connectivity index is 2.65.